The molecular weight excluding hydrogens is 422 g/mol. The SMILES string of the molecule is C=CCn1c(=O)n(CC=C)c(=O)n(CC(=O)NC(=O)Nc2ccc3c(c2)OCCO3)c1=O. The van der Waals surface area contributed by atoms with Gasteiger partial charge >= 0.3 is 23.1 Å². The van der Waals surface area contributed by atoms with Gasteiger partial charge < -0.3 is 14.8 Å². The number of allylic oxidation sites excluding steroid dienone is 2. The lowest BCUT2D eigenvalue weighted by atomic mass is 10.2. The predicted octanol–water partition coefficient (Wildman–Crippen LogP) is -0.337. The van der Waals surface area contributed by atoms with Crippen LogP contribution in [0.3, 0.4) is 0 Å². The van der Waals surface area contributed by atoms with E-state index in [1.807, 2.05) is 5.32 Å². The van der Waals surface area contributed by atoms with Crippen molar-refractivity contribution >= 4 is 17.6 Å². The minimum absolute atomic E-state index is 0.165. The molecule has 0 saturated carbocycles. The van der Waals surface area contributed by atoms with Gasteiger partial charge in [0, 0.05) is 11.8 Å². The first kappa shape index (κ1) is 22.3. The van der Waals surface area contributed by atoms with Crippen LogP contribution in [-0.4, -0.2) is 38.9 Å². The maximum Gasteiger partial charge on any atom is 0.337 e. The molecule has 1 aromatic heterocycles. The van der Waals surface area contributed by atoms with E-state index in [4.69, 9.17) is 9.47 Å². The van der Waals surface area contributed by atoms with Crippen LogP contribution in [0.4, 0.5) is 10.5 Å². The van der Waals surface area contributed by atoms with Crippen molar-refractivity contribution in [2.24, 2.45) is 0 Å². The lowest BCUT2D eigenvalue weighted by Crippen LogP contribution is -2.55. The molecule has 32 heavy (non-hydrogen) atoms. The van der Waals surface area contributed by atoms with Crippen molar-refractivity contribution in [3.8, 4) is 11.5 Å². The van der Waals surface area contributed by atoms with Crippen LogP contribution in [0.5, 0.6) is 11.5 Å². The number of hydrogen-bond donors (Lipinski definition) is 2. The zero-order chi connectivity index (χ0) is 23.3. The highest BCUT2D eigenvalue weighted by molar-refractivity contribution is 6.01. The Labute approximate surface area is 181 Å². The van der Waals surface area contributed by atoms with E-state index in [1.165, 1.54) is 18.2 Å². The van der Waals surface area contributed by atoms with E-state index in [0.29, 0.717) is 35.0 Å². The third-order valence-corrected chi connectivity index (χ3v) is 4.36. The highest BCUT2D eigenvalue weighted by atomic mass is 16.6. The maximum atomic E-state index is 12.5. The summed E-state index contributed by atoms with van der Waals surface area (Å²) in [4.78, 5) is 61.9. The summed E-state index contributed by atoms with van der Waals surface area (Å²) >= 11 is 0. The van der Waals surface area contributed by atoms with Gasteiger partial charge in [-0.3, -0.25) is 10.1 Å². The van der Waals surface area contributed by atoms with E-state index in [0.717, 1.165) is 9.13 Å². The Morgan fingerprint density at radius 3 is 2.06 bits per heavy atom. The largest absolute Gasteiger partial charge is 0.486 e. The Bertz CT molecular complexity index is 1210. The van der Waals surface area contributed by atoms with Crippen LogP contribution in [0.1, 0.15) is 0 Å². The molecule has 2 heterocycles. The molecule has 0 bridgehead atoms. The van der Waals surface area contributed by atoms with Crippen molar-refractivity contribution in [2.75, 3.05) is 18.5 Å². The number of fused-ring (bicyclic) bond motifs is 1. The number of ether oxygens (including phenoxy) is 2. The summed E-state index contributed by atoms with van der Waals surface area (Å²) in [6, 6.07) is 3.81. The molecule has 12 nitrogen and oxygen atoms in total. The first-order chi connectivity index (χ1) is 15.3. The number of imide groups is 1. The molecule has 0 atom stereocenters. The van der Waals surface area contributed by atoms with Crippen LogP contribution in [-0.2, 0) is 24.4 Å². The lowest BCUT2D eigenvalue weighted by Gasteiger charge is -2.19. The third kappa shape index (κ3) is 4.69. The van der Waals surface area contributed by atoms with Gasteiger partial charge in [-0.15, -0.1) is 13.2 Å². The summed E-state index contributed by atoms with van der Waals surface area (Å²) in [5, 5.41) is 4.48. The second kappa shape index (κ2) is 9.64. The molecule has 3 amide bonds. The highest BCUT2D eigenvalue weighted by Crippen LogP contribution is 2.32. The molecule has 1 aromatic carbocycles. The Kier molecular flexibility index (Phi) is 6.73. The number of rotatable bonds is 7. The normalized spacial score (nSPS) is 12.0. The minimum Gasteiger partial charge on any atom is -0.486 e. The summed E-state index contributed by atoms with van der Waals surface area (Å²) in [6.07, 6.45) is 2.60. The van der Waals surface area contributed by atoms with Crippen LogP contribution in [0, 0.1) is 0 Å². The van der Waals surface area contributed by atoms with Crippen LogP contribution in [0.2, 0.25) is 0 Å². The van der Waals surface area contributed by atoms with E-state index < -0.39 is 35.6 Å². The van der Waals surface area contributed by atoms with Crippen molar-refractivity contribution in [1.82, 2.24) is 19.0 Å². The molecule has 0 spiro atoms. The van der Waals surface area contributed by atoms with Gasteiger partial charge in [0.15, 0.2) is 11.5 Å². The minimum atomic E-state index is -0.998. The average Bonchev–Trinajstić information content (AvgIpc) is 2.77. The number of aromatic nitrogens is 3. The zero-order valence-electron chi connectivity index (χ0n) is 17.0. The van der Waals surface area contributed by atoms with Crippen molar-refractivity contribution < 1.29 is 19.1 Å². The van der Waals surface area contributed by atoms with E-state index in [9.17, 15) is 24.0 Å². The number of nitrogens with one attached hydrogen (secondary N) is 2. The number of anilines is 1. The Balaban J connectivity index is 1.77. The molecule has 0 radical (unpaired) electrons. The molecule has 2 aromatic rings. The first-order valence-electron chi connectivity index (χ1n) is 9.52. The summed E-state index contributed by atoms with van der Waals surface area (Å²) in [6.45, 7) is 6.62. The first-order valence-corrected chi connectivity index (χ1v) is 9.52. The van der Waals surface area contributed by atoms with Gasteiger partial charge in [-0.2, -0.15) is 0 Å². The van der Waals surface area contributed by atoms with Gasteiger partial charge in [0.05, 0.1) is 13.1 Å². The molecule has 3 rings (SSSR count). The van der Waals surface area contributed by atoms with Crippen molar-refractivity contribution in [1.29, 1.82) is 0 Å². The van der Waals surface area contributed by atoms with Gasteiger partial charge in [0.25, 0.3) is 0 Å². The van der Waals surface area contributed by atoms with Gasteiger partial charge in [-0.25, -0.2) is 32.9 Å². The molecule has 1 aliphatic heterocycles. The second-order valence-corrected chi connectivity index (χ2v) is 6.59. The summed E-state index contributed by atoms with van der Waals surface area (Å²) in [7, 11) is 0. The number of nitrogens with zero attached hydrogens (tertiary/aromatic N) is 3. The lowest BCUT2D eigenvalue weighted by molar-refractivity contribution is -0.120. The van der Waals surface area contributed by atoms with E-state index in [1.54, 1.807) is 12.1 Å². The summed E-state index contributed by atoms with van der Waals surface area (Å²) < 4.78 is 12.9. The highest BCUT2D eigenvalue weighted by Gasteiger charge is 2.18. The second-order valence-electron chi connectivity index (χ2n) is 6.59. The zero-order valence-corrected chi connectivity index (χ0v) is 17.0. The molecule has 0 fully saturated rings. The van der Waals surface area contributed by atoms with Crippen molar-refractivity contribution in [3.63, 3.8) is 0 Å². The Hall–Kier alpha value is -4.35. The van der Waals surface area contributed by atoms with Gasteiger partial charge in [-0.05, 0) is 12.1 Å². The third-order valence-electron chi connectivity index (χ3n) is 4.36. The number of carbonyl (C=O) groups excluding carboxylic acids is 2. The topological polar surface area (TPSA) is 143 Å². The fourth-order valence-corrected chi connectivity index (χ4v) is 2.98. The molecule has 0 aliphatic carbocycles. The fraction of sp³-hybridized carbons (Fsp3) is 0.250. The quantitative estimate of drug-likeness (QED) is 0.558. The number of benzene rings is 1. The molecule has 0 saturated heterocycles. The number of carbonyl (C=O) groups is 2. The number of hydrogen-bond acceptors (Lipinski definition) is 7. The smallest absolute Gasteiger partial charge is 0.337 e. The van der Waals surface area contributed by atoms with Crippen LogP contribution >= 0.6 is 0 Å². The van der Waals surface area contributed by atoms with Crippen LogP contribution in [0.25, 0.3) is 0 Å². The molecule has 168 valence electrons. The van der Waals surface area contributed by atoms with Crippen LogP contribution < -0.4 is 37.2 Å². The summed E-state index contributed by atoms with van der Waals surface area (Å²) in [5.41, 5.74) is -2.51. The maximum absolute atomic E-state index is 12.5. The molecular formula is C20H21N5O7. The number of amides is 3. The van der Waals surface area contributed by atoms with E-state index in [2.05, 4.69) is 18.5 Å². The van der Waals surface area contributed by atoms with Gasteiger partial charge in [0.2, 0.25) is 5.91 Å². The number of urea groups is 1. The van der Waals surface area contributed by atoms with Crippen LogP contribution in [0.15, 0.2) is 57.9 Å². The molecule has 12 heteroatoms. The van der Waals surface area contributed by atoms with E-state index in [-0.39, 0.29) is 13.1 Å². The average molecular weight is 443 g/mol. The molecule has 1 aliphatic rings. The standard InChI is InChI=1S/C20H21N5O7/c1-3-7-23-18(28)24(8-4-2)20(30)25(19(23)29)12-16(26)22-17(27)21-13-5-6-14-15(11-13)32-10-9-31-14/h3-6,11H,1-2,7-10,12H2,(H2,21,22,26,27). The fourth-order valence-electron chi connectivity index (χ4n) is 2.98. The van der Waals surface area contributed by atoms with Crippen molar-refractivity contribution in [3.05, 3.63) is 75.0 Å². The predicted molar refractivity (Wildman–Crippen MR) is 114 cm³/mol. The molecule has 2 N–H and O–H groups in total. The van der Waals surface area contributed by atoms with E-state index >= 15 is 0 Å². The van der Waals surface area contributed by atoms with Gasteiger partial charge in [-0.1, -0.05) is 12.2 Å². The Morgan fingerprint density at radius 2 is 1.47 bits per heavy atom. The Morgan fingerprint density at radius 1 is 0.906 bits per heavy atom. The molecule has 0 unspecified atom stereocenters. The van der Waals surface area contributed by atoms with Gasteiger partial charge in [0.1, 0.15) is 19.8 Å². The van der Waals surface area contributed by atoms with Crippen molar-refractivity contribution in [2.45, 2.75) is 19.6 Å². The monoisotopic (exact) mass is 443 g/mol. The summed E-state index contributed by atoms with van der Waals surface area (Å²) in [5.74, 6) is 0.0375.